The number of rotatable bonds is 4. The molecule has 2 rings (SSSR count). The maximum Gasteiger partial charge on any atom is 0.416 e. The summed E-state index contributed by atoms with van der Waals surface area (Å²) in [7, 11) is -12.0. The van der Waals surface area contributed by atoms with E-state index in [-0.39, 0.29) is 24.3 Å². The van der Waals surface area contributed by atoms with Gasteiger partial charge in [-0.3, -0.25) is 0 Å². The summed E-state index contributed by atoms with van der Waals surface area (Å²) in [4.78, 5) is -3.39. The van der Waals surface area contributed by atoms with Crippen LogP contribution >= 0.6 is 0 Å². The minimum absolute atomic E-state index is 0.138. The Hall–Kier alpha value is -2.40. The molecule has 0 saturated carbocycles. The predicted octanol–water partition coefficient (Wildman–Crippen LogP) is 5.01. The van der Waals surface area contributed by atoms with Crippen molar-refractivity contribution in [3.8, 4) is 0 Å². The number of hydrogen-bond acceptors (Lipinski definition) is 4. The highest BCUT2D eigenvalue weighted by Gasteiger charge is 2.43. The van der Waals surface area contributed by atoms with Gasteiger partial charge >= 0.3 is 18.5 Å². The lowest BCUT2D eigenvalue weighted by Crippen LogP contribution is -2.30. The van der Waals surface area contributed by atoms with Crippen molar-refractivity contribution in [2.24, 2.45) is 0 Å². The number of benzene rings is 2. The van der Waals surface area contributed by atoms with Gasteiger partial charge in [0.05, 0.1) is 30.4 Å². The third-order valence-electron chi connectivity index (χ3n) is 3.72. The molecule has 17 heteroatoms. The Morgan fingerprint density at radius 2 is 0.875 bits per heavy atom. The van der Waals surface area contributed by atoms with Crippen LogP contribution in [-0.4, -0.2) is 20.8 Å². The SMILES string of the molecule is O=S(=O)(c1ccc(C(F)(F)F)cc1)N(F)S(=O)(=O)c1cc(C(F)(F)F)cc(C(F)(F)F)c1. The first-order chi connectivity index (χ1) is 14.2. The van der Waals surface area contributed by atoms with Crippen LogP contribution in [0.1, 0.15) is 16.7 Å². The van der Waals surface area contributed by atoms with Gasteiger partial charge in [-0.1, -0.05) is 0 Å². The monoisotopic (exact) mass is 519 g/mol. The highest BCUT2D eigenvalue weighted by atomic mass is 32.3. The van der Waals surface area contributed by atoms with Crippen LogP contribution in [0.25, 0.3) is 0 Å². The van der Waals surface area contributed by atoms with E-state index >= 15 is 0 Å². The lowest BCUT2D eigenvalue weighted by molar-refractivity contribution is -0.143. The van der Waals surface area contributed by atoms with Crippen LogP contribution in [0.4, 0.5) is 44.0 Å². The molecule has 0 fully saturated rings. The third-order valence-corrected chi connectivity index (χ3v) is 7.35. The second kappa shape index (κ2) is 7.87. The molecule has 178 valence electrons. The zero-order chi connectivity index (χ0) is 24.9. The third kappa shape index (κ3) is 5.15. The molecule has 2 aromatic carbocycles. The van der Waals surface area contributed by atoms with E-state index in [1.807, 2.05) is 0 Å². The maximum absolute atomic E-state index is 14.4. The summed E-state index contributed by atoms with van der Waals surface area (Å²) < 4.78 is 176. The second-order valence-corrected chi connectivity index (χ2v) is 9.64. The Morgan fingerprint density at radius 1 is 0.531 bits per heavy atom. The zero-order valence-electron chi connectivity index (χ0n) is 14.7. The Kier molecular flexibility index (Phi) is 6.36. The summed E-state index contributed by atoms with van der Waals surface area (Å²) in [5.74, 6) is 0. The Labute approximate surface area is 172 Å². The maximum atomic E-state index is 14.4. The van der Waals surface area contributed by atoms with Gasteiger partial charge in [-0.25, -0.2) is 16.8 Å². The van der Waals surface area contributed by atoms with Gasteiger partial charge in [0.2, 0.25) is 0 Å². The lowest BCUT2D eigenvalue weighted by Gasteiger charge is -2.17. The van der Waals surface area contributed by atoms with E-state index in [2.05, 4.69) is 0 Å². The van der Waals surface area contributed by atoms with Gasteiger partial charge in [0.15, 0.2) is 0 Å². The van der Waals surface area contributed by atoms with Gasteiger partial charge in [0.1, 0.15) is 0 Å². The van der Waals surface area contributed by atoms with Crippen molar-refractivity contribution >= 4 is 20.0 Å². The average molecular weight is 519 g/mol. The van der Waals surface area contributed by atoms with Crippen LogP contribution in [0.3, 0.4) is 0 Å². The van der Waals surface area contributed by atoms with Gasteiger partial charge in [-0.05, 0) is 42.5 Å². The Bertz CT molecular complexity index is 1180. The quantitative estimate of drug-likeness (QED) is 0.421. The minimum atomic E-state index is -6.19. The van der Waals surface area contributed by atoms with Gasteiger partial charge in [-0.2, -0.15) is 39.5 Å². The van der Waals surface area contributed by atoms with Gasteiger partial charge in [0, 0.05) is 0 Å². The molecule has 0 aromatic heterocycles. The van der Waals surface area contributed by atoms with Crippen molar-refractivity contribution in [1.29, 1.82) is 0 Å². The number of nitrogens with zero attached hydrogens (tertiary/aromatic N) is 1. The molecule has 0 spiro atoms. The Balaban J connectivity index is 2.62. The summed E-state index contributed by atoms with van der Waals surface area (Å²) >= 11 is 0. The molecular formula is C15H7F10NO4S2. The van der Waals surface area contributed by atoms with Crippen LogP contribution in [0.15, 0.2) is 52.3 Å². The predicted molar refractivity (Wildman–Crippen MR) is 85.2 cm³/mol. The average Bonchev–Trinajstić information content (AvgIpc) is 2.65. The van der Waals surface area contributed by atoms with Crippen LogP contribution in [0, 0.1) is 0 Å². The second-order valence-electron chi connectivity index (χ2n) is 5.93. The summed E-state index contributed by atoms with van der Waals surface area (Å²) in [6.45, 7) is 0. The number of hydrogen-bond donors (Lipinski definition) is 0. The van der Waals surface area contributed by atoms with Gasteiger partial charge in [-0.15, -0.1) is 4.48 Å². The molecule has 0 aliphatic heterocycles. The highest BCUT2D eigenvalue weighted by molar-refractivity contribution is 8.03. The van der Waals surface area contributed by atoms with Gasteiger partial charge in [0.25, 0.3) is 20.0 Å². The lowest BCUT2D eigenvalue weighted by atomic mass is 10.1. The topological polar surface area (TPSA) is 71.5 Å². The first kappa shape index (κ1) is 25.9. The van der Waals surface area contributed by atoms with Crippen molar-refractivity contribution in [2.75, 3.05) is 0 Å². The van der Waals surface area contributed by atoms with Crippen LogP contribution in [0.5, 0.6) is 0 Å². The molecule has 0 unspecified atom stereocenters. The van der Waals surface area contributed by atoms with E-state index in [1.54, 1.807) is 0 Å². The number of halogens is 10. The summed E-state index contributed by atoms with van der Waals surface area (Å²) in [6, 6.07) is -0.773. The minimum Gasteiger partial charge on any atom is -0.203 e. The number of alkyl halides is 9. The fraction of sp³-hybridized carbons (Fsp3) is 0.200. The molecular weight excluding hydrogens is 512 g/mol. The zero-order valence-corrected chi connectivity index (χ0v) is 16.4. The van der Waals surface area contributed by atoms with Crippen LogP contribution in [0.2, 0.25) is 0 Å². The highest BCUT2D eigenvalue weighted by Crippen LogP contribution is 2.38. The fourth-order valence-corrected chi connectivity index (χ4v) is 5.10. The molecule has 5 nitrogen and oxygen atoms in total. The Morgan fingerprint density at radius 3 is 1.22 bits per heavy atom. The molecule has 0 radical (unpaired) electrons. The standard InChI is InChI=1S/C15H7F10NO4S2/c16-13(17,18)8-1-3-11(4-2-8)31(27,28)26(25)32(29,30)12-6-9(14(19,20)21)5-10(7-12)15(22,23)24/h1-7H. The normalized spacial score (nSPS) is 14.1. The molecule has 0 aliphatic carbocycles. The number of sulfonamides is 2. The van der Waals surface area contributed by atoms with E-state index < -0.39 is 87.2 Å². The van der Waals surface area contributed by atoms with E-state index in [0.717, 1.165) is 0 Å². The summed E-state index contributed by atoms with van der Waals surface area (Å²) in [5, 5.41) is 0. The van der Waals surface area contributed by atoms with Crippen molar-refractivity contribution in [3.05, 3.63) is 59.2 Å². The first-order valence-corrected chi connectivity index (χ1v) is 10.5. The largest absolute Gasteiger partial charge is 0.416 e. The van der Waals surface area contributed by atoms with Crippen LogP contribution < -0.4 is 0 Å². The van der Waals surface area contributed by atoms with E-state index in [4.69, 9.17) is 0 Å². The van der Waals surface area contributed by atoms with Crippen molar-refractivity contribution < 1.29 is 60.8 Å². The summed E-state index contributed by atoms with van der Waals surface area (Å²) in [6.07, 6.45) is -16.0. The molecule has 0 aliphatic rings. The molecule has 0 N–H and O–H groups in total. The van der Waals surface area contributed by atoms with E-state index in [9.17, 15) is 60.8 Å². The smallest absolute Gasteiger partial charge is 0.203 e. The van der Waals surface area contributed by atoms with E-state index in [0.29, 0.717) is 0 Å². The van der Waals surface area contributed by atoms with Crippen molar-refractivity contribution in [1.82, 2.24) is 3.93 Å². The fourth-order valence-electron chi connectivity index (χ4n) is 2.19. The van der Waals surface area contributed by atoms with E-state index in [1.165, 1.54) is 0 Å². The molecule has 32 heavy (non-hydrogen) atoms. The summed E-state index contributed by atoms with van der Waals surface area (Å²) in [5.41, 5.74) is -5.75. The first-order valence-electron chi connectivity index (χ1n) is 7.61. The molecule has 0 heterocycles. The molecule has 0 bridgehead atoms. The van der Waals surface area contributed by atoms with Gasteiger partial charge < -0.3 is 0 Å². The van der Waals surface area contributed by atoms with Crippen LogP contribution in [-0.2, 0) is 38.6 Å². The molecule has 2 aromatic rings. The molecule has 0 saturated heterocycles. The van der Waals surface area contributed by atoms with Crippen molar-refractivity contribution in [3.63, 3.8) is 0 Å². The molecule has 0 amide bonds. The van der Waals surface area contributed by atoms with Crippen molar-refractivity contribution in [2.45, 2.75) is 28.3 Å². The molecule has 0 atom stereocenters.